The molecule has 1 amide bonds. The Balaban J connectivity index is 1.47. The minimum absolute atomic E-state index is 0.123. The van der Waals surface area contributed by atoms with Crippen LogP contribution in [0.15, 0.2) is 36.5 Å². The number of nitrogens with zero attached hydrogens (tertiary/aromatic N) is 2. The van der Waals surface area contributed by atoms with Gasteiger partial charge in [-0.3, -0.25) is 9.78 Å². The number of aromatic nitrogens is 2. The van der Waals surface area contributed by atoms with Gasteiger partial charge < -0.3 is 14.8 Å². The molecule has 0 bridgehead atoms. The Morgan fingerprint density at radius 3 is 2.93 bits per heavy atom. The second kappa shape index (κ2) is 7.98. The second-order valence-corrected chi connectivity index (χ2v) is 7.59. The van der Waals surface area contributed by atoms with Crippen LogP contribution in [0.25, 0.3) is 10.6 Å². The van der Waals surface area contributed by atoms with Gasteiger partial charge in [0.15, 0.2) is 11.5 Å². The van der Waals surface area contributed by atoms with Crippen LogP contribution in [0.5, 0.6) is 11.5 Å². The van der Waals surface area contributed by atoms with E-state index in [0.717, 1.165) is 46.1 Å². The van der Waals surface area contributed by atoms with E-state index >= 15 is 0 Å². The Hall–Kier alpha value is -2.93. The van der Waals surface area contributed by atoms with E-state index in [-0.39, 0.29) is 12.7 Å². The summed E-state index contributed by atoms with van der Waals surface area (Å²) in [5.41, 5.74) is 3.73. The molecule has 4 rings (SSSR count). The van der Waals surface area contributed by atoms with Crippen LogP contribution in [-0.4, -0.2) is 22.7 Å². The summed E-state index contributed by atoms with van der Waals surface area (Å²) in [6.45, 7) is 4.65. The molecule has 2 aromatic heterocycles. The van der Waals surface area contributed by atoms with Gasteiger partial charge in [-0.15, -0.1) is 11.3 Å². The molecule has 0 fully saturated rings. The Kier molecular flexibility index (Phi) is 5.25. The molecule has 0 unspecified atom stereocenters. The summed E-state index contributed by atoms with van der Waals surface area (Å²) in [7, 11) is 0. The van der Waals surface area contributed by atoms with Crippen LogP contribution >= 0.6 is 11.3 Å². The van der Waals surface area contributed by atoms with Crippen molar-refractivity contribution < 1.29 is 14.3 Å². The molecule has 1 aliphatic rings. The Morgan fingerprint density at radius 2 is 2.07 bits per heavy atom. The van der Waals surface area contributed by atoms with Crippen molar-refractivity contribution in [3.63, 3.8) is 0 Å². The summed E-state index contributed by atoms with van der Waals surface area (Å²) in [5, 5.41) is 3.80. The zero-order chi connectivity index (χ0) is 19.5. The topological polar surface area (TPSA) is 73.3 Å². The maximum absolute atomic E-state index is 12.7. The van der Waals surface area contributed by atoms with E-state index in [2.05, 4.69) is 28.3 Å². The smallest absolute Gasteiger partial charge is 0.263 e. The van der Waals surface area contributed by atoms with Crippen molar-refractivity contribution in [3.05, 3.63) is 58.4 Å². The quantitative estimate of drug-likeness (QED) is 0.679. The minimum atomic E-state index is -0.123. The first-order chi connectivity index (χ1) is 13.6. The predicted molar refractivity (Wildman–Crippen MR) is 108 cm³/mol. The van der Waals surface area contributed by atoms with Gasteiger partial charge in [0.1, 0.15) is 9.88 Å². The van der Waals surface area contributed by atoms with E-state index in [9.17, 15) is 4.79 Å². The molecular formula is C21H21N3O3S. The van der Waals surface area contributed by atoms with Gasteiger partial charge in [-0.1, -0.05) is 19.4 Å². The molecule has 3 aromatic rings. The standard InChI is InChI=1S/C21H21N3O3S/c1-3-4-16-10-15(7-8-22-16)21-24-13(2)19(28-21)20(25)23-11-14-5-6-17-18(9-14)27-12-26-17/h5-10H,3-4,11-12H2,1-2H3,(H,23,25). The Morgan fingerprint density at radius 1 is 1.21 bits per heavy atom. The average molecular weight is 395 g/mol. The summed E-state index contributed by atoms with van der Waals surface area (Å²) in [6, 6.07) is 9.66. The molecule has 28 heavy (non-hydrogen) atoms. The van der Waals surface area contributed by atoms with Crippen molar-refractivity contribution in [3.8, 4) is 22.1 Å². The van der Waals surface area contributed by atoms with E-state index in [4.69, 9.17) is 9.47 Å². The predicted octanol–water partition coefficient (Wildman–Crippen LogP) is 4.12. The highest BCUT2D eigenvalue weighted by Gasteiger charge is 2.17. The molecule has 6 nitrogen and oxygen atoms in total. The summed E-state index contributed by atoms with van der Waals surface area (Å²) >= 11 is 1.41. The zero-order valence-electron chi connectivity index (χ0n) is 15.8. The number of nitrogens with one attached hydrogen (secondary N) is 1. The van der Waals surface area contributed by atoms with Crippen LogP contribution in [0.3, 0.4) is 0 Å². The summed E-state index contributed by atoms with van der Waals surface area (Å²) in [5.74, 6) is 1.32. The lowest BCUT2D eigenvalue weighted by Crippen LogP contribution is -2.22. The van der Waals surface area contributed by atoms with Crippen molar-refractivity contribution in [1.29, 1.82) is 0 Å². The Labute approximate surface area is 167 Å². The lowest BCUT2D eigenvalue weighted by molar-refractivity contribution is 0.0954. The van der Waals surface area contributed by atoms with Crippen molar-refractivity contribution >= 4 is 17.2 Å². The molecule has 1 aromatic carbocycles. The molecule has 144 valence electrons. The number of aryl methyl sites for hydroxylation is 2. The molecule has 3 heterocycles. The van der Waals surface area contributed by atoms with E-state index < -0.39 is 0 Å². The number of rotatable bonds is 6. The maximum atomic E-state index is 12.7. The molecule has 1 N–H and O–H groups in total. The van der Waals surface area contributed by atoms with Gasteiger partial charge in [0.2, 0.25) is 6.79 Å². The number of thiazole rings is 1. The Bertz CT molecular complexity index is 1020. The number of pyridine rings is 1. The summed E-state index contributed by atoms with van der Waals surface area (Å²) in [4.78, 5) is 22.3. The van der Waals surface area contributed by atoms with Gasteiger partial charge in [-0.2, -0.15) is 0 Å². The number of hydrogen-bond donors (Lipinski definition) is 1. The van der Waals surface area contributed by atoms with Crippen LogP contribution in [0.4, 0.5) is 0 Å². The third-order valence-corrected chi connectivity index (χ3v) is 5.67. The molecule has 0 radical (unpaired) electrons. The fraction of sp³-hybridized carbons (Fsp3) is 0.286. The lowest BCUT2D eigenvalue weighted by atomic mass is 10.2. The first-order valence-electron chi connectivity index (χ1n) is 9.23. The van der Waals surface area contributed by atoms with Gasteiger partial charge in [0.25, 0.3) is 5.91 Å². The molecule has 0 atom stereocenters. The molecule has 1 aliphatic heterocycles. The highest BCUT2D eigenvalue weighted by Crippen LogP contribution is 2.32. The molecule has 7 heteroatoms. The van der Waals surface area contributed by atoms with Gasteiger partial charge in [-0.05, 0) is 43.2 Å². The number of ether oxygens (including phenoxy) is 2. The minimum Gasteiger partial charge on any atom is -0.454 e. The number of hydrogen-bond acceptors (Lipinski definition) is 6. The first-order valence-corrected chi connectivity index (χ1v) is 10.0. The largest absolute Gasteiger partial charge is 0.454 e. The fourth-order valence-corrected chi connectivity index (χ4v) is 4.03. The van der Waals surface area contributed by atoms with Crippen LogP contribution in [-0.2, 0) is 13.0 Å². The average Bonchev–Trinajstić information content (AvgIpc) is 3.32. The first kappa shape index (κ1) is 18.4. The number of fused-ring (bicyclic) bond motifs is 1. The highest BCUT2D eigenvalue weighted by atomic mass is 32.1. The molecule has 0 spiro atoms. The number of carbonyl (C=O) groups excluding carboxylic acids is 1. The van der Waals surface area contributed by atoms with Crippen LogP contribution in [0.1, 0.15) is 40.0 Å². The molecule has 0 aliphatic carbocycles. The maximum Gasteiger partial charge on any atom is 0.263 e. The fourth-order valence-electron chi connectivity index (χ4n) is 3.05. The van der Waals surface area contributed by atoms with Gasteiger partial charge in [0, 0.05) is 24.0 Å². The van der Waals surface area contributed by atoms with E-state index in [0.29, 0.717) is 17.2 Å². The lowest BCUT2D eigenvalue weighted by Gasteiger charge is -2.05. The second-order valence-electron chi connectivity index (χ2n) is 6.59. The number of benzene rings is 1. The van der Waals surface area contributed by atoms with Crippen LogP contribution < -0.4 is 14.8 Å². The van der Waals surface area contributed by atoms with Gasteiger partial charge in [-0.25, -0.2) is 4.98 Å². The third kappa shape index (κ3) is 3.84. The number of amides is 1. The monoisotopic (exact) mass is 395 g/mol. The van der Waals surface area contributed by atoms with Crippen molar-refractivity contribution in [2.75, 3.05) is 6.79 Å². The van der Waals surface area contributed by atoms with Gasteiger partial charge >= 0.3 is 0 Å². The molecule has 0 saturated heterocycles. The van der Waals surface area contributed by atoms with Crippen molar-refractivity contribution in [2.24, 2.45) is 0 Å². The van der Waals surface area contributed by atoms with E-state index in [1.807, 2.05) is 31.2 Å². The van der Waals surface area contributed by atoms with Crippen molar-refractivity contribution in [1.82, 2.24) is 15.3 Å². The van der Waals surface area contributed by atoms with Gasteiger partial charge in [0.05, 0.1) is 5.69 Å². The molecule has 0 saturated carbocycles. The summed E-state index contributed by atoms with van der Waals surface area (Å²) < 4.78 is 10.7. The normalized spacial score (nSPS) is 12.2. The van der Waals surface area contributed by atoms with E-state index in [1.165, 1.54) is 11.3 Å². The zero-order valence-corrected chi connectivity index (χ0v) is 16.6. The van der Waals surface area contributed by atoms with Crippen LogP contribution in [0, 0.1) is 6.92 Å². The van der Waals surface area contributed by atoms with E-state index in [1.54, 1.807) is 6.20 Å². The van der Waals surface area contributed by atoms with Crippen LogP contribution in [0.2, 0.25) is 0 Å². The van der Waals surface area contributed by atoms with Crippen molar-refractivity contribution in [2.45, 2.75) is 33.2 Å². The number of carbonyl (C=O) groups is 1. The molecular weight excluding hydrogens is 374 g/mol. The summed E-state index contributed by atoms with van der Waals surface area (Å²) in [6.07, 6.45) is 3.78. The SMILES string of the molecule is CCCc1cc(-c2nc(C)c(C(=O)NCc3ccc4c(c3)OCO4)s2)ccn1. The highest BCUT2D eigenvalue weighted by molar-refractivity contribution is 7.17. The third-order valence-electron chi connectivity index (χ3n) is 4.46.